The zero-order valence-electron chi connectivity index (χ0n) is 11.4. The van der Waals surface area contributed by atoms with Gasteiger partial charge in [-0.2, -0.15) is 0 Å². The molecule has 6 nitrogen and oxygen atoms in total. The van der Waals surface area contributed by atoms with Crippen LogP contribution < -0.4 is 11.5 Å². The molecule has 2 rings (SSSR count). The minimum atomic E-state index is -0.102. The van der Waals surface area contributed by atoms with Gasteiger partial charge in [0.2, 0.25) is 0 Å². The van der Waals surface area contributed by atoms with Crippen LogP contribution in [0.2, 0.25) is 0 Å². The minimum absolute atomic E-state index is 0. The first-order valence-corrected chi connectivity index (χ1v) is 9.88. The van der Waals surface area contributed by atoms with Gasteiger partial charge in [0.15, 0.2) is 0 Å². The first kappa shape index (κ1) is 21.5. The van der Waals surface area contributed by atoms with Gasteiger partial charge in [-0.15, -0.1) is 34.0 Å². The molecule has 2 aromatic rings. The van der Waals surface area contributed by atoms with Gasteiger partial charge < -0.3 is 0 Å². The molecular weight excluding hydrogens is 546 g/mol. The van der Waals surface area contributed by atoms with E-state index in [0.717, 1.165) is 22.4 Å². The van der Waals surface area contributed by atoms with E-state index in [2.05, 4.69) is 9.97 Å². The summed E-state index contributed by atoms with van der Waals surface area (Å²) in [6.45, 7) is 0. The Morgan fingerprint density at radius 2 is 1.23 bits per heavy atom. The molecule has 1 heterocycles. The molecule has 0 atom stereocenters. The van der Waals surface area contributed by atoms with Crippen LogP contribution in [0, 0.1) is 10.8 Å². The molecule has 1 aromatic carbocycles. The van der Waals surface area contributed by atoms with Gasteiger partial charge >= 0.3 is 129 Å². The summed E-state index contributed by atoms with van der Waals surface area (Å²) in [5, 5.41) is 16.0. The Morgan fingerprint density at radius 3 is 1.55 bits per heavy atom. The molecule has 1 aromatic heterocycles. The van der Waals surface area contributed by atoms with E-state index in [0.29, 0.717) is 10.6 Å². The number of rotatable bonds is 6. The summed E-state index contributed by atoms with van der Waals surface area (Å²) in [5.74, 6) is 0. The molecule has 0 amide bonds. The summed E-state index contributed by atoms with van der Waals surface area (Å²) in [6.07, 6.45) is 0. The third-order valence-electron chi connectivity index (χ3n) is 2.45. The van der Waals surface area contributed by atoms with Crippen LogP contribution in [-0.4, -0.2) is 49.3 Å². The first-order chi connectivity index (χ1) is 9.56. The van der Waals surface area contributed by atoms with Crippen molar-refractivity contribution in [2.24, 2.45) is 11.5 Å². The summed E-state index contributed by atoms with van der Waals surface area (Å²) in [4.78, 5) is 9.25. The molecule has 6 N–H and O–H groups in total. The molecule has 22 heavy (non-hydrogen) atoms. The Labute approximate surface area is 162 Å². The quantitative estimate of drug-likeness (QED) is 0.238. The fraction of sp³-hybridized carbons (Fsp3) is 0.167. The van der Waals surface area contributed by atoms with E-state index < -0.39 is 0 Å². The Hall–Kier alpha value is -0.501. The number of aromatic nitrogens is 2. The van der Waals surface area contributed by atoms with Gasteiger partial charge in [-0.1, -0.05) is 0 Å². The molecule has 120 valence electrons. The van der Waals surface area contributed by atoms with Gasteiger partial charge in [0.25, 0.3) is 0 Å². The molecule has 0 unspecified atom stereocenters. The van der Waals surface area contributed by atoms with Crippen LogP contribution in [0.15, 0.2) is 24.3 Å². The number of halogens is 2. The predicted molar refractivity (Wildman–Crippen MR) is 103 cm³/mol. The molecule has 0 aliphatic heterocycles. The van der Waals surface area contributed by atoms with Gasteiger partial charge in [-0.3, -0.25) is 0 Å². The number of nitrogens with one attached hydrogen (secondary N) is 2. The Balaban J connectivity index is 0.00000220. The Kier molecular flexibility index (Phi) is 10.1. The van der Waals surface area contributed by atoms with Crippen molar-refractivity contribution < 1.29 is 0 Å². The van der Waals surface area contributed by atoms with Crippen molar-refractivity contribution >= 4 is 84.4 Å². The van der Waals surface area contributed by atoms with Crippen LogP contribution in [-0.2, 0) is 10.6 Å². The van der Waals surface area contributed by atoms with Crippen LogP contribution in [0.4, 0.5) is 0 Å². The second-order valence-electron chi connectivity index (χ2n) is 3.91. The van der Waals surface area contributed by atoms with Crippen molar-refractivity contribution in [2.45, 2.75) is 10.6 Å². The molecule has 10 heteroatoms. The summed E-state index contributed by atoms with van der Waals surface area (Å²) < 4.78 is 0.408. The second-order valence-corrected chi connectivity index (χ2v) is 8.18. The fourth-order valence-corrected chi connectivity index (χ4v) is 3.79. The third kappa shape index (κ3) is 6.32. The van der Waals surface area contributed by atoms with Crippen LogP contribution in [0.1, 0.15) is 11.4 Å². The van der Waals surface area contributed by atoms with Crippen molar-refractivity contribution in [2.75, 3.05) is 0 Å². The fourth-order valence-electron chi connectivity index (χ4n) is 1.60. The van der Waals surface area contributed by atoms with Gasteiger partial charge in [-0.05, 0) is 0 Å². The van der Waals surface area contributed by atoms with E-state index >= 15 is 0 Å². The molecule has 0 bridgehead atoms. The summed E-state index contributed by atoms with van der Waals surface area (Å²) in [5.41, 5.74) is 14.3. The number of hydrogen-bond donors (Lipinski definition) is 4. The van der Waals surface area contributed by atoms with Crippen molar-refractivity contribution in [1.82, 2.24) is 9.97 Å². The molecule has 0 spiro atoms. The molecule has 0 saturated carbocycles. The van der Waals surface area contributed by atoms with Crippen LogP contribution in [0.5, 0.6) is 0 Å². The third-order valence-corrected chi connectivity index (χ3v) is 5.51. The average molecular weight is 562 g/mol. The van der Waals surface area contributed by atoms with Gasteiger partial charge in [0.1, 0.15) is 0 Å². The number of nitrogens with two attached hydrogens (primary N) is 2. The average Bonchev–Trinajstić information content (AvgIpc) is 2.42. The topological polar surface area (TPSA) is 126 Å². The van der Waals surface area contributed by atoms with Gasteiger partial charge in [-0.25, -0.2) is 0 Å². The SMILES string of the molecule is Br.Br.N=C(N)[Se]Cc1nc2ccccc2nc1C[Se]C(=N)N. The molecule has 0 aliphatic carbocycles. The summed E-state index contributed by atoms with van der Waals surface area (Å²) >= 11 is -0.204. The van der Waals surface area contributed by atoms with Crippen LogP contribution >= 0.6 is 34.0 Å². The number of amidine groups is 2. The van der Waals surface area contributed by atoms with E-state index in [1.165, 1.54) is 0 Å². The van der Waals surface area contributed by atoms with Crippen LogP contribution in [0.25, 0.3) is 11.0 Å². The van der Waals surface area contributed by atoms with Crippen LogP contribution in [0.3, 0.4) is 0 Å². The van der Waals surface area contributed by atoms with Crippen molar-refractivity contribution in [3.05, 3.63) is 35.7 Å². The van der Waals surface area contributed by atoms with Crippen molar-refractivity contribution in [3.63, 3.8) is 0 Å². The zero-order chi connectivity index (χ0) is 14.5. The number of nitrogens with zero attached hydrogens (tertiary/aromatic N) is 2. The summed E-state index contributed by atoms with van der Waals surface area (Å²) in [6, 6.07) is 7.70. The number of para-hydroxylation sites is 2. The van der Waals surface area contributed by atoms with Crippen molar-refractivity contribution in [1.29, 1.82) is 10.8 Å². The Bertz CT molecular complexity index is 611. The number of benzene rings is 1. The predicted octanol–water partition coefficient (Wildman–Crippen LogP) is 0.981. The normalized spacial score (nSPS) is 9.64. The maximum atomic E-state index is 7.35. The second kappa shape index (κ2) is 10.3. The zero-order valence-corrected chi connectivity index (χ0v) is 18.3. The molecule has 0 fully saturated rings. The molecule has 0 radical (unpaired) electrons. The molecular formula is C12H16Br2N6Se2. The number of fused-ring (bicyclic) bond motifs is 1. The molecule has 0 saturated heterocycles. The van der Waals surface area contributed by atoms with E-state index in [9.17, 15) is 0 Å². The van der Waals surface area contributed by atoms with E-state index in [1.54, 1.807) is 0 Å². The van der Waals surface area contributed by atoms with E-state index in [1.807, 2.05) is 24.3 Å². The van der Waals surface area contributed by atoms with Crippen molar-refractivity contribution in [3.8, 4) is 0 Å². The standard InChI is InChI=1S/C12H14N6Se2.2BrH/c13-11(14)19-5-9-10(6-20-12(15)16)18-8-4-2-1-3-7(8)17-9;;/h1-4H,5-6H2,(H3,13,14)(H3,15,16);2*1H. The number of hydrogen-bond acceptors (Lipinski definition) is 4. The maximum absolute atomic E-state index is 7.35. The molecule has 0 aliphatic rings. The van der Waals surface area contributed by atoms with E-state index in [-0.39, 0.29) is 73.3 Å². The first-order valence-electron chi connectivity index (χ1n) is 5.74. The Morgan fingerprint density at radius 1 is 0.864 bits per heavy atom. The van der Waals surface area contributed by atoms with E-state index in [4.69, 9.17) is 22.3 Å². The van der Waals surface area contributed by atoms with Gasteiger partial charge in [0, 0.05) is 0 Å². The van der Waals surface area contributed by atoms with Gasteiger partial charge in [0.05, 0.1) is 0 Å². The monoisotopic (exact) mass is 562 g/mol. The summed E-state index contributed by atoms with van der Waals surface area (Å²) in [7, 11) is 0.